The van der Waals surface area contributed by atoms with E-state index in [1.54, 1.807) is 0 Å². The molecule has 9 rings (SSSR count). The van der Waals surface area contributed by atoms with E-state index in [1.165, 1.54) is 44.5 Å². The Bertz CT molecular complexity index is 2210. The Morgan fingerprint density at radius 1 is 0.706 bits per heavy atom. The van der Waals surface area contributed by atoms with E-state index in [4.69, 9.17) is 9.73 Å². The Morgan fingerprint density at radius 3 is 2.14 bits per heavy atom. The molecule has 3 aliphatic carbocycles. The molecule has 4 aromatic rings. The number of rotatable bonds is 6. The zero-order chi connectivity index (χ0) is 34.3. The molecule has 0 saturated heterocycles. The normalized spacial score (nSPS) is 22.9. The quantitative estimate of drug-likeness (QED) is 0.223. The Hall–Kier alpha value is -5.67. The molecule has 0 fully saturated rings. The van der Waals surface area contributed by atoms with Gasteiger partial charge in [0, 0.05) is 33.5 Å². The molecule has 0 saturated carbocycles. The second-order valence-corrected chi connectivity index (χ2v) is 14.3. The average Bonchev–Trinajstić information content (AvgIpc) is 3.21. The fourth-order valence-electron chi connectivity index (χ4n) is 8.67. The molecule has 51 heavy (non-hydrogen) atoms. The van der Waals surface area contributed by atoms with Gasteiger partial charge in [-0.15, -0.1) is 0 Å². The van der Waals surface area contributed by atoms with E-state index in [9.17, 15) is 0 Å². The number of aliphatic imine (C=N–C) groups is 1. The lowest BCUT2D eigenvalue weighted by Gasteiger charge is -2.44. The first-order valence-electron chi connectivity index (χ1n) is 18.3. The van der Waals surface area contributed by atoms with Crippen LogP contribution in [0.5, 0.6) is 11.5 Å². The van der Waals surface area contributed by atoms with Gasteiger partial charge in [-0.2, -0.15) is 0 Å². The highest BCUT2D eigenvalue weighted by molar-refractivity contribution is 6.07. The van der Waals surface area contributed by atoms with Crippen molar-refractivity contribution in [2.75, 3.05) is 0 Å². The van der Waals surface area contributed by atoms with Crippen LogP contribution in [0.25, 0.3) is 11.3 Å². The smallest absolute Gasteiger partial charge is 0.144 e. The molecule has 4 aromatic carbocycles. The van der Waals surface area contributed by atoms with Gasteiger partial charge in [-0.3, -0.25) is 4.99 Å². The monoisotopic (exact) mass is 662 g/mol. The van der Waals surface area contributed by atoms with Crippen LogP contribution in [0, 0.1) is 5.41 Å². The van der Waals surface area contributed by atoms with Crippen LogP contribution < -0.4 is 10.1 Å². The summed E-state index contributed by atoms with van der Waals surface area (Å²) < 4.78 is 6.66. The number of nitrogens with zero attached hydrogens (tertiary/aromatic N) is 1. The highest BCUT2D eigenvalue weighted by Gasteiger charge is 2.47. The maximum absolute atomic E-state index is 6.66. The zero-order valence-electron chi connectivity index (χ0n) is 29.1. The van der Waals surface area contributed by atoms with Crippen LogP contribution in [-0.2, 0) is 5.41 Å². The van der Waals surface area contributed by atoms with Crippen molar-refractivity contribution < 1.29 is 4.74 Å². The lowest BCUT2D eigenvalue weighted by molar-refractivity contribution is 0.430. The molecular formula is C48H42N2O. The predicted octanol–water partition coefficient (Wildman–Crippen LogP) is 11.4. The van der Waals surface area contributed by atoms with E-state index in [2.05, 4.69) is 176 Å². The minimum absolute atomic E-state index is 0.152. The fraction of sp³-hybridized carbons (Fsp3) is 0.188. The van der Waals surface area contributed by atoms with Gasteiger partial charge in [-0.1, -0.05) is 153 Å². The molecule has 2 aliphatic heterocycles. The van der Waals surface area contributed by atoms with Gasteiger partial charge >= 0.3 is 0 Å². The van der Waals surface area contributed by atoms with Crippen LogP contribution >= 0.6 is 0 Å². The van der Waals surface area contributed by atoms with Crippen LogP contribution in [0.2, 0.25) is 0 Å². The van der Waals surface area contributed by atoms with E-state index < -0.39 is 5.41 Å². The first-order chi connectivity index (χ1) is 25.1. The third kappa shape index (κ3) is 5.31. The topological polar surface area (TPSA) is 33.6 Å². The lowest BCUT2D eigenvalue weighted by Crippen LogP contribution is -2.37. The Morgan fingerprint density at radius 2 is 1.41 bits per heavy atom. The van der Waals surface area contributed by atoms with Gasteiger partial charge in [0.05, 0.1) is 5.41 Å². The minimum Gasteiger partial charge on any atom is -0.457 e. The highest BCUT2D eigenvalue weighted by atomic mass is 16.5. The SMILES string of the molecule is C[C@@]1(C2=NC(C3=CCCC=C3)NC(c3ccccc3C3=C(C4(c5ccccc5)c5ccccc5Oc5ccccc54)CCC=C3)=C2)C=CC=CC1. The van der Waals surface area contributed by atoms with E-state index in [-0.39, 0.29) is 11.6 Å². The summed E-state index contributed by atoms with van der Waals surface area (Å²) >= 11 is 0. The summed E-state index contributed by atoms with van der Waals surface area (Å²) in [4.78, 5) is 5.39. The van der Waals surface area contributed by atoms with Crippen LogP contribution in [0.4, 0.5) is 0 Å². The molecule has 5 aliphatic rings. The summed E-state index contributed by atoms with van der Waals surface area (Å²) in [6.07, 6.45) is 27.6. The van der Waals surface area contributed by atoms with Gasteiger partial charge in [0.1, 0.15) is 17.7 Å². The number of benzene rings is 4. The van der Waals surface area contributed by atoms with Gasteiger partial charge < -0.3 is 10.1 Å². The number of hydrogen-bond donors (Lipinski definition) is 1. The molecule has 0 bridgehead atoms. The van der Waals surface area contributed by atoms with Crippen molar-refractivity contribution in [1.29, 1.82) is 0 Å². The summed E-state index contributed by atoms with van der Waals surface area (Å²) in [6.45, 7) is 2.31. The van der Waals surface area contributed by atoms with Gasteiger partial charge in [0.25, 0.3) is 0 Å². The number of fused-ring (bicyclic) bond motifs is 2. The van der Waals surface area contributed by atoms with Crippen molar-refractivity contribution in [3.63, 3.8) is 0 Å². The summed E-state index contributed by atoms with van der Waals surface area (Å²) in [7, 11) is 0. The summed E-state index contributed by atoms with van der Waals surface area (Å²) in [5.74, 6) is 1.82. The van der Waals surface area contributed by atoms with E-state index in [1.807, 2.05) is 0 Å². The van der Waals surface area contributed by atoms with Crippen LogP contribution in [-0.4, -0.2) is 11.9 Å². The van der Waals surface area contributed by atoms with Crippen LogP contribution in [0.1, 0.15) is 66.8 Å². The largest absolute Gasteiger partial charge is 0.457 e. The van der Waals surface area contributed by atoms with E-state index in [0.717, 1.165) is 55.0 Å². The van der Waals surface area contributed by atoms with Crippen LogP contribution in [0.15, 0.2) is 180 Å². The van der Waals surface area contributed by atoms with Gasteiger partial charge in [0.2, 0.25) is 0 Å². The minimum atomic E-state index is -0.548. The lowest BCUT2D eigenvalue weighted by atomic mass is 9.60. The Kier molecular flexibility index (Phi) is 7.92. The number of hydrogen-bond acceptors (Lipinski definition) is 3. The maximum Gasteiger partial charge on any atom is 0.144 e. The first kappa shape index (κ1) is 31.3. The molecule has 250 valence electrons. The molecule has 0 spiro atoms. The van der Waals surface area contributed by atoms with E-state index in [0.29, 0.717) is 0 Å². The van der Waals surface area contributed by atoms with Crippen molar-refractivity contribution in [3.05, 3.63) is 203 Å². The summed E-state index contributed by atoms with van der Waals surface area (Å²) in [6, 6.07) is 37.3. The molecule has 0 amide bonds. The molecular weight excluding hydrogens is 621 g/mol. The van der Waals surface area contributed by atoms with Crippen molar-refractivity contribution in [3.8, 4) is 11.5 Å². The zero-order valence-corrected chi connectivity index (χ0v) is 29.1. The van der Waals surface area contributed by atoms with Crippen molar-refractivity contribution in [1.82, 2.24) is 5.32 Å². The Balaban J connectivity index is 1.29. The molecule has 3 heteroatoms. The highest BCUT2D eigenvalue weighted by Crippen LogP contribution is 2.58. The average molecular weight is 663 g/mol. The molecule has 0 radical (unpaired) electrons. The first-order valence-corrected chi connectivity index (χ1v) is 18.3. The fourth-order valence-corrected chi connectivity index (χ4v) is 8.67. The van der Waals surface area contributed by atoms with Crippen LogP contribution in [0.3, 0.4) is 0 Å². The van der Waals surface area contributed by atoms with Crippen molar-refractivity contribution in [2.45, 2.75) is 50.6 Å². The number of para-hydroxylation sites is 2. The van der Waals surface area contributed by atoms with Crippen molar-refractivity contribution in [2.24, 2.45) is 10.4 Å². The molecule has 1 unspecified atom stereocenters. The third-order valence-corrected chi connectivity index (χ3v) is 11.2. The number of nitrogens with one attached hydrogen (secondary N) is 1. The van der Waals surface area contributed by atoms with Gasteiger partial charge in [-0.25, -0.2) is 0 Å². The second-order valence-electron chi connectivity index (χ2n) is 14.3. The van der Waals surface area contributed by atoms with E-state index >= 15 is 0 Å². The summed E-state index contributed by atoms with van der Waals surface area (Å²) in [5, 5.41) is 3.92. The van der Waals surface area contributed by atoms with Crippen molar-refractivity contribution >= 4 is 17.0 Å². The number of ether oxygens (including phenoxy) is 1. The summed E-state index contributed by atoms with van der Waals surface area (Å²) in [5.41, 5.74) is 11.4. The predicted molar refractivity (Wildman–Crippen MR) is 211 cm³/mol. The molecule has 0 aromatic heterocycles. The molecule has 1 N–H and O–H groups in total. The maximum atomic E-state index is 6.66. The molecule has 2 atom stereocenters. The molecule has 2 heterocycles. The van der Waals surface area contributed by atoms with Gasteiger partial charge in [0.15, 0.2) is 0 Å². The number of allylic oxidation sites excluding steroid dienone is 11. The second kappa shape index (κ2) is 12.9. The van der Waals surface area contributed by atoms with Gasteiger partial charge in [-0.05, 0) is 78.2 Å². The molecule has 3 nitrogen and oxygen atoms in total. The third-order valence-electron chi connectivity index (χ3n) is 11.2. The standard InChI is InChI=1S/C48H42N2O/c1-47(31-17-4-18-32-47)45-33-42(49-46(50-45)34-19-5-2-6-20-34)38-25-10-9-23-36(38)37-24-11-12-26-39(37)48(35-21-7-3-8-22-35)40-27-13-15-29-43(40)51-44-30-16-14-28-41(44)48/h3-5,7-11,13-25,27-31,33,46,49H,2,6,12,26,32H2,1H3/t46?,47-/m1/s1. The Labute approximate surface area is 301 Å².